The lowest BCUT2D eigenvalue weighted by molar-refractivity contribution is 0.259. The number of hydrogen-bond donors (Lipinski definition) is 3. The molecule has 0 unspecified atom stereocenters. The molecule has 0 aliphatic heterocycles. The molecular formula is C26H28ClN3O. The number of aryl methyl sites for hydroxylation is 1. The van der Waals surface area contributed by atoms with Gasteiger partial charge >= 0.3 is 0 Å². The molecule has 1 heterocycles. The molecule has 0 radical (unpaired) electrons. The molecule has 4 nitrogen and oxygen atoms in total. The first kappa shape index (κ1) is 22.4. The second-order valence-corrected chi connectivity index (χ2v) is 8.70. The SMILES string of the molecule is C=C(NCC(C)(C)C(=C)O)c1ncc(-c2cccc(Nc3ccc(Cl)cc3)c2)cc1C. The summed E-state index contributed by atoms with van der Waals surface area (Å²) in [6.07, 6.45) is 1.85. The summed E-state index contributed by atoms with van der Waals surface area (Å²) >= 11 is 5.97. The summed E-state index contributed by atoms with van der Waals surface area (Å²) in [6, 6.07) is 17.9. The van der Waals surface area contributed by atoms with E-state index in [9.17, 15) is 5.11 Å². The minimum Gasteiger partial charge on any atom is -0.512 e. The van der Waals surface area contributed by atoms with E-state index in [2.05, 4.69) is 47.0 Å². The molecule has 0 aliphatic carbocycles. The van der Waals surface area contributed by atoms with Crippen LogP contribution in [0.25, 0.3) is 16.8 Å². The van der Waals surface area contributed by atoms with Crippen LogP contribution >= 0.6 is 11.6 Å². The third kappa shape index (κ3) is 5.68. The smallest absolute Gasteiger partial charge is 0.0924 e. The summed E-state index contributed by atoms with van der Waals surface area (Å²) in [5.41, 5.74) is 6.15. The topological polar surface area (TPSA) is 57.2 Å². The third-order valence-electron chi connectivity index (χ3n) is 5.22. The van der Waals surface area contributed by atoms with Crippen molar-refractivity contribution < 1.29 is 5.11 Å². The van der Waals surface area contributed by atoms with Gasteiger partial charge in [0.05, 0.1) is 17.2 Å². The van der Waals surface area contributed by atoms with Crippen molar-refractivity contribution in [2.75, 3.05) is 11.9 Å². The number of aromatic nitrogens is 1. The van der Waals surface area contributed by atoms with Crippen molar-refractivity contribution >= 4 is 28.7 Å². The van der Waals surface area contributed by atoms with Crippen molar-refractivity contribution in [3.8, 4) is 11.1 Å². The van der Waals surface area contributed by atoms with Gasteiger partial charge in [0.15, 0.2) is 0 Å². The Kier molecular flexibility index (Phi) is 6.71. The van der Waals surface area contributed by atoms with Crippen LogP contribution in [-0.2, 0) is 0 Å². The molecule has 31 heavy (non-hydrogen) atoms. The highest BCUT2D eigenvalue weighted by Crippen LogP contribution is 2.28. The van der Waals surface area contributed by atoms with Crippen LogP contribution in [0.4, 0.5) is 11.4 Å². The van der Waals surface area contributed by atoms with Crippen LogP contribution in [0.15, 0.2) is 79.7 Å². The molecule has 0 fully saturated rings. The Morgan fingerprint density at radius 1 is 1.03 bits per heavy atom. The molecule has 0 spiro atoms. The van der Waals surface area contributed by atoms with E-state index in [0.717, 1.165) is 39.5 Å². The molecule has 5 heteroatoms. The van der Waals surface area contributed by atoms with Crippen LogP contribution in [0.2, 0.25) is 5.02 Å². The molecule has 3 N–H and O–H groups in total. The number of nitrogens with one attached hydrogen (secondary N) is 2. The number of aliphatic hydroxyl groups excluding tert-OH is 1. The zero-order valence-electron chi connectivity index (χ0n) is 18.2. The first-order chi connectivity index (χ1) is 14.7. The van der Waals surface area contributed by atoms with E-state index in [1.165, 1.54) is 0 Å². The Morgan fingerprint density at radius 3 is 2.39 bits per heavy atom. The van der Waals surface area contributed by atoms with E-state index in [-0.39, 0.29) is 5.76 Å². The van der Waals surface area contributed by atoms with Gasteiger partial charge in [-0.3, -0.25) is 4.98 Å². The van der Waals surface area contributed by atoms with E-state index in [0.29, 0.717) is 11.6 Å². The maximum absolute atomic E-state index is 9.72. The molecule has 3 aromatic rings. The first-order valence-electron chi connectivity index (χ1n) is 10.1. The van der Waals surface area contributed by atoms with Crippen molar-refractivity contribution in [3.05, 3.63) is 96.0 Å². The van der Waals surface area contributed by atoms with Gasteiger partial charge in [-0.05, 0) is 60.5 Å². The molecule has 0 atom stereocenters. The van der Waals surface area contributed by atoms with Crippen molar-refractivity contribution in [2.45, 2.75) is 20.8 Å². The lowest BCUT2D eigenvalue weighted by atomic mass is 9.91. The van der Waals surface area contributed by atoms with E-state index in [1.807, 2.05) is 63.4 Å². The van der Waals surface area contributed by atoms with E-state index in [1.54, 1.807) is 0 Å². The quantitative estimate of drug-likeness (QED) is 0.331. The Bertz CT molecular complexity index is 1100. The van der Waals surface area contributed by atoms with Crippen LogP contribution in [0.1, 0.15) is 25.1 Å². The fraction of sp³-hybridized carbons (Fsp3) is 0.192. The van der Waals surface area contributed by atoms with E-state index < -0.39 is 5.41 Å². The van der Waals surface area contributed by atoms with Gasteiger partial charge in [-0.1, -0.05) is 50.7 Å². The molecule has 0 saturated carbocycles. The number of nitrogens with zero attached hydrogens (tertiary/aromatic N) is 1. The van der Waals surface area contributed by atoms with Gasteiger partial charge in [-0.15, -0.1) is 0 Å². The first-order valence-corrected chi connectivity index (χ1v) is 10.4. The Hall–Kier alpha value is -3.24. The lowest BCUT2D eigenvalue weighted by Crippen LogP contribution is -2.30. The maximum Gasteiger partial charge on any atom is 0.0924 e. The summed E-state index contributed by atoms with van der Waals surface area (Å²) in [5, 5.41) is 17.1. The van der Waals surface area contributed by atoms with Crippen LogP contribution < -0.4 is 10.6 Å². The van der Waals surface area contributed by atoms with Gasteiger partial charge in [-0.2, -0.15) is 0 Å². The fourth-order valence-electron chi connectivity index (χ4n) is 3.04. The normalized spacial score (nSPS) is 11.1. The highest BCUT2D eigenvalue weighted by atomic mass is 35.5. The zero-order valence-corrected chi connectivity index (χ0v) is 18.9. The van der Waals surface area contributed by atoms with Gasteiger partial charge in [0.2, 0.25) is 0 Å². The molecule has 160 valence electrons. The summed E-state index contributed by atoms with van der Waals surface area (Å²) in [7, 11) is 0. The summed E-state index contributed by atoms with van der Waals surface area (Å²) in [5.74, 6) is 0.139. The van der Waals surface area contributed by atoms with Crippen molar-refractivity contribution in [1.82, 2.24) is 10.3 Å². The monoisotopic (exact) mass is 433 g/mol. The van der Waals surface area contributed by atoms with Crippen LogP contribution in [0.3, 0.4) is 0 Å². The fourth-order valence-corrected chi connectivity index (χ4v) is 3.16. The Balaban J connectivity index is 1.75. The van der Waals surface area contributed by atoms with Gasteiger partial charge in [0.1, 0.15) is 0 Å². The maximum atomic E-state index is 9.72. The number of hydrogen-bond acceptors (Lipinski definition) is 4. The Morgan fingerprint density at radius 2 is 1.74 bits per heavy atom. The van der Waals surface area contributed by atoms with Crippen LogP contribution in [0, 0.1) is 12.3 Å². The second kappa shape index (κ2) is 9.27. The van der Waals surface area contributed by atoms with E-state index in [4.69, 9.17) is 11.6 Å². The average Bonchev–Trinajstić information content (AvgIpc) is 2.74. The van der Waals surface area contributed by atoms with Crippen LogP contribution in [-0.4, -0.2) is 16.6 Å². The Labute approximate surface area is 189 Å². The zero-order chi connectivity index (χ0) is 22.6. The minimum atomic E-state index is -0.450. The lowest BCUT2D eigenvalue weighted by Gasteiger charge is -2.25. The van der Waals surface area contributed by atoms with Gasteiger partial charge < -0.3 is 15.7 Å². The van der Waals surface area contributed by atoms with Crippen molar-refractivity contribution in [1.29, 1.82) is 0 Å². The highest BCUT2D eigenvalue weighted by Gasteiger charge is 2.22. The average molecular weight is 434 g/mol. The standard InChI is InChI=1S/C26H28ClN3O/c1-17-13-21(15-28-25(17)18(2)29-16-26(4,5)19(3)31)20-7-6-8-24(14-20)30-23-11-9-22(27)10-12-23/h6-15,29-31H,2-3,16H2,1,4-5H3. The number of halogens is 1. The highest BCUT2D eigenvalue weighted by molar-refractivity contribution is 6.30. The molecule has 3 rings (SSSR count). The minimum absolute atomic E-state index is 0.139. The summed E-state index contributed by atoms with van der Waals surface area (Å²) in [6.45, 7) is 14.1. The molecule has 0 bridgehead atoms. The number of aliphatic hydroxyl groups is 1. The second-order valence-electron chi connectivity index (χ2n) is 8.26. The van der Waals surface area contributed by atoms with Gasteiger partial charge in [0, 0.05) is 40.1 Å². The molecule has 0 aliphatic rings. The number of benzene rings is 2. The molecule has 0 saturated heterocycles. The van der Waals surface area contributed by atoms with Gasteiger partial charge in [-0.25, -0.2) is 0 Å². The largest absolute Gasteiger partial charge is 0.512 e. The molecule has 0 amide bonds. The number of anilines is 2. The molecule has 1 aromatic heterocycles. The molecular weight excluding hydrogens is 406 g/mol. The molecule has 2 aromatic carbocycles. The van der Waals surface area contributed by atoms with Crippen molar-refractivity contribution in [3.63, 3.8) is 0 Å². The predicted octanol–water partition coefficient (Wildman–Crippen LogP) is 7.11. The number of pyridine rings is 1. The van der Waals surface area contributed by atoms with E-state index >= 15 is 0 Å². The van der Waals surface area contributed by atoms with Gasteiger partial charge in [0.25, 0.3) is 0 Å². The predicted molar refractivity (Wildman–Crippen MR) is 132 cm³/mol. The number of rotatable bonds is 8. The van der Waals surface area contributed by atoms with Crippen LogP contribution in [0.5, 0.6) is 0 Å². The van der Waals surface area contributed by atoms with Crippen molar-refractivity contribution in [2.24, 2.45) is 5.41 Å². The third-order valence-corrected chi connectivity index (χ3v) is 5.47. The summed E-state index contributed by atoms with van der Waals surface area (Å²) < 4.78 is 0. The summed E-state index contributed by atoms with van der Waals surface area (Å²) in [4.78, 5) is 4.64.